The first-order valence-corrected chi connectivity index (χ1v) is 5.66. The van der Waals surface area contributed by atoms with Crippen LogP contribution in [-0.2, 0) is 5.54 Å². The minimum absolute atomic E-state index is 0.173. The quantitative estimate of drug-likeness (QED) is 0.781. The Labute approximate surface area is 94.4 Å². The van der Waals surface area contributed by atoms with Crippen molar-refractivity contribution in [2.75, 3.05) is 0 Å². The Morgan fingerprint density at radius 2 is 1.93 bits per heavy atom. The van der Waals surface area contributed by atoms with Crippen molar-refractivity contribution in [3.05, 3.63) is 34.1 Å². The summed E-state index contributed by atoms with van der Waals surface area (Å²) in [5.41, 5.74) is 7.94. The molecule has 0 amide bonds. The molecule has 15 heavy (non-hydrogen) atoms. The highest BCUT2D eigenvalue weighted by Crippen LogP contribution is 2.39. The number of hydrogen-bond donors (Lipinski definition) is 1. The van der Waals surface area contributed by atoms with E-state index in [0.717, 1.165) is 36.8 Å². The van der Waals surface area contributed by atoms with E-state index in [1.54, 1.807) is 6.07 Å². The lowest BCUT2D eigenvalue weighted by Crippen LogP contribution is -2.34. The lowest BCUT2D eigenvalue weighted by Gasteiger charge is -2.26. The van der Waals surface area contributed by atoms with Crippen LogP contribution in [0.3, 0.4) is 0 Å². The summed E-state index contributed by atoms with van der Waals surface area (Å²) in [6.45, 7) is 1.89. The molecular formula is C12H15ClFN. The second-order valence-corrected chi connectivity index (χ2v) is 4.85. The second-order valence-electron chi connectivity index (χ2n) is 4.44. The summed E-state index contributed by atoms with van der Waals surface area (Å²) in [5, 5.41) is 0.173. The molecule has 0 bridgehead atoms. The lowest BCUT2D eigenvalue weighted by molar-refractivity contribution is 0.458. The Hall–Kier alpha value is -0.600. The molecule has 1 aromatic carbocycles. The van der Waals surface area contributed by atoms with Gasteiger partial charge in [0.25, 0.3) is 0 Å². The standard InChI is InChI=1S/C12H15ClFN/c1-8-6-11(14)10(13)7-9(8)12(15)4-2-3-5-12/h6-7H,2-5,15H2,1H3. The molecule has 0 heterocycles. The monoisotopic (exact) mass is 227 g/mol. The van der Waals surface area contributed by atoms with Gasteiger partial charge >= 0.3 is 0 Å². The van der Waals surface area contributed by atoms with E-state index in [4.69, 9.17) is 17.3 Å². The summed E-state index contributed by atoms with van der Waals surface area (Å²) in [4.78, 5) is 0. The van der Waals surface area contributed by atoms with Gasteiger partial charge in [0, 0.05) is 5.54 Å². The molecule has 0 unspecified atom stereocenters. The fourth-order valence-electron chi connectivity index (χ4n) is 2.46. The van der Waals surface area contributed by atoms with Crippen LogP contribution >= 0.6 is 11.6 Å². The molecule has 0 aliphatic heterocycles. The molecule has 1 nitrogen and oxygen atoms in total. The van der Waals surface area contributed by atoms with Gasteiger partial charge in [0.1, 0.15) is 5.82 Å². The molecule has 2 rings (SSSR count). The molecule has 3 heteroatoms. The molecule has 0 radical (unpaired) electrons. The molecule has 0 atom stereocenters. The first-order chi connectivity index (χ1) is 7.03. The van der Waals surface area contributed by atoms with Crippen molar-refractivity contribution in [1.82, 2.24) is 0 Å². The Bertz CT molecular complexity index is 383. The molecule has 82 valence electrons. The third-order valence-corrected chi connectivity index (χ3v) is 3.59. The normalized spacial score (nSPS) is 19.5. The first kappa shape index (κ1) is 10.9. The third-order valence-electron chi connectivity index (χ3n) is 3.30. The highest BCUT2D eigenvalue weighted by atomic mass is 35.5. The van der Waals surface area contributed by atoms with Crippen LogP contribution in [0.25, 0.3) is 0 Å². The number of hydrogen-bond acceptors (Lipinski definition) is 1. The van der Waals surface area contributed by atoms with Crippen LogP contribution in [0.5, 0.6) is 0 Å². The molecule has 1 aromatic rings. The molecule has 2 N–H and O–H groups in total. The number of rotatable bonds is 1. The predicted octanol–water partition coefficient (Wildman–Crippen LogP) is 3.52. The Balaban J connectivity index is 2.48. The third kappa shape index (κ3) is 1.88. The number of aryl methyl sites for hydroxylation is 1. The summed E-state index contributed by atoms with van der Waals surface area (Å²) < 4.78 is 13.2. The Kier molecular flexibility index (Phi) is 2.73. The zero-order chi connectivity index (χ0) is 11.1. The maximum atomic E-state index is 13.2. The van der Waals surface area contributed by atoms with E-state index in [2.05, 4.69) is 0 Å². The molecule has 0 saturated heterocycles. The summed E-state index contributed by atoms with van der Waals surface area (Å²) >= 11 is 5.80. The molecule has 1 aliphatic carbocycles. The van der Waals surface area contributed by atoms with E-state index in [1.165, 1.54) is 6.07 Å². The minimum Gasteiger partial charge on any atom is -0.321 e. The maximum Gasteiger partial charge on any atom is 0.142 e. The van der Waals surface area contributed by atoms with E-state index < -0.39 is 0 Å². The SMILES string of the molecule is Cc1cc(F)c(Cl)cc1C1(N)CCCC1. The zero-order valence-electron chi connectivity index (χ0n) is 8.82. The van der Waals surface area contributed by atoms with Crippen molar-refractivity contribution in [2.45, 2.75) is 38.1 Å². The van der Waals surface area contributed by atoms with Gasteiger partial charge in [0.15, 0.2) is 0 Å². The largest absolute Gasteiger partial charge is 0.321 e. The Morgan fingerprint density at radius 3 is 2.53 bits per heavy atom. The van der Waals surface area contributed by atoms with Crippen LogP contribution in [-0.4, -0.2) is 0 Å². The highest BCUT2D eigenvalue weighted by Gasteiger charge is 2.32. The summed E-state index contributed by atoms with van der Waals surface area (Å²) in [5.74, 6) is -0.362. The maximum absolute atomic E-state index is 13.2. The van der Waals surface area contributed by atoms with Gasteiger partial charge in [-0.1, -0.05) is 24.4 Å². The number of nitrogens with two attached hydrogens (primary N) is 1. The summed E-state index contributed by atoms with van der Waals surface area (Å²) in [6, 6.07) is 3.17. The molecule has 0 aromatic heterocycles. The fourth-order valence-corrected chi connectivity index (χ4v) is 2.62. The molecular weight excluding hydrogens is 213 g/mol. The van der Waals surface area contributed by atoms with Gasteiger partial charge in [-0.15, -0.1) is 0 Å². The van der Waals surface area contributed by atoms with Crippen LogP contribution in [0.15, 0.2) is 12.1 Å². The molecule has 1 saturated carbocycles. The smallest absolute Gasteiger partial charge is 0.142 e. The van der Waals surface area contributed by atoms with E-state index in [0.29, 0.717) is 0 Å². The van der Waals surface area contributed by atoms with E-state index in [-0.39, 0.29) is 16.4 Å². The summed E-state index contributed by atoms with van der Waals surface area (Å²) in [7, 11) is 0. The van der Waals surface area contributed by atoms with Gasteiger partial charge in [-0.05, 0) is 43.0 Å². The molecule has 0 spiro atoms. The van der Waals surface area contributed by atoms with Crippen molar-refractivity contribution in [3.8, 4) is 0 Å². The van der Waals surface area contributed by atoms with Gasteiger partial charge in [0.05, 0.1) is 5.02 Å². The highest BCUT2D eigenvalue weighted by molar-refractivity contribution is 6.30. The van der Waals surface area contributed by atoms with Crippen LogP contribution < -0.4 is 5.73 Å². The van der Waals surface area contributed by atoms with E-state index in [9.17, 15) is 4.39 Å². The van der Waals surface area contributed by atoms with E-state index >= 15 is 0 Å². The van der Waals surface area contributed by atoms with Crippen molar-refractivity contribution < 1.29 is 4.39 Å². The van der Waals surface area contributed by atoms with Crippen LogP contribution in [0.1, 0.15) is 36.8 Å². The predicted molar refractivity (Wildman–Crippen MR) is 60.5 cm³/mol. The Morgan fingerprint density at radius 1 is 1.33 bits per heavy atom. The summed E-state index contributed by atoms with van der Waals surface area (Å²) in [6.07, 6.45) is 4.22. The average molecular weight is 228 g/mol. The fraction of sp³-hybridized carbons (Fsp3) is 0.500. The second kappa shape index (κ2) is 3.76. The molecule has 1 fully saturated rings. The zero-order valence-corrected chi connectivity index (χ0v) is 9.57. The van der Waals surface area contributed by atoms with Gasteiger partial charge in [-0.3, -0.25) is 0 Å². The van der Waals surface area contributed by atoms with Gasteiger partial charge < -0.3 is 5.73 Å². The lowest BCUT2D eigenvalue weighted by atomic mass is 9.86. The van der Waals surface area contributed by atoms with Crippen molar-refractivity contribution in [1.29, 1.82) is 0 Å². The van der Waals surface area contributed by atoms with Gasteiger partial charge in [-0.25, -0.2) is 4.39 Å². The van der Waals surface area contributed by atoms with Crippen LogP contribution in [0.2, 0.25) is 5.02 Å². The van der Waals surface area contributed by atoms with Crippen LogP contribution in [0.4, 0.5) is 4.39 Å². The topological polar surface area (TPSA) is 26.0 Å². The van der Waals surface area contributed by atoms with Gasteiger partial charge in [0.2, 0.25) is 0 Å². The number of benzene rings is 1. The van der Waals surface area contributed by atoms with Crippen molar-refractivity contribution in [3.63, 3.8) is 0 Å². The average Bonchev–Trinajstić information content (AvgIpc) is 2.60. The van der Waals surface area contributed by atoms with Crippen molar-refractivity contribution in [2.24, 2.45) is 5.73 Å². The van der Waals surface area contributed by atoms with Crippen LogP contribution in [0, 0.1) is 12.7 Å². The van der Waals surface area contributed by atoms with E-state index in [1.807, 2.05) is 6.92 Å². The molecule has 1 aliphatic rings. The number of halogens is 2. The van der Waals surface area contributed by atoms with Crippen molar-refractivity contribution >= 4 is 11.6 Å². The minimum atomic E-state index is -0.362. The first-order valence-electron chi connectivity index (χ1n) is 5.28. The van der Waals surface area contributed by atoms with Gasteiger partial charge in [-0.2, -0.15) is 0 Å².